The lowest BCUT2D eigenvalue weighted by Crippen LogP contribution is -2.32. The highest BCUT2D eigenvalue weighted by Gasteiger charge is 2.44. The van der Waals surface area contributed by atoms with Crippen molar-refractivity contribution in [1.82, 2.24) is 29.5 Å². The molecule has 3 aromatic heterocycles. The number of nitrogens with zero attached hydrogens (tertiary/aromatic N) is 5. The Morgan fingerprint density at radius 3 is 2.90 bits per heavy atom. The summed E-state index contributed by atoms with van der Waals surface area (Å²) in [6.07, 6.45) is -0.851. The molecule has 4 heterocycles. The van der Waals surface area contributed by atoms with E-state index in [1.165, 1.54) is 24.4 Å². The molecule has 1 saturated heterocycles. The lowest BCUT2D eigenvalue weighted by atomic mass is 10.1. The Balaban J connectivity index is 1.36. The number of aryl methyl sites for hydroxylation is 1. The molecule has 10 nitrogen and oxygen atoms in total. The van der Waals surface area contributed by atoms with E-state index in [9.17, 15) is 15.0 Å². The number of imidazole rings is 1. The maximum absolute atomic E-state index is 12.2. The molecule has 154 valence electrons. The average molecular weight is 426 g/mol. The molecule has 30 heavy (non-hydrogen) atoms. The number of fused-ring (bicyclic) bond motifs is 2. The summed E-state index contributed by atoms with van der Waals surface area (Å²) in [5.74, 6) is 0.288. The zero-order chi connectivity index (χ0) is 20.8. The van der Waals surface area contributed by atoms with Gasteiger partial charge in [0.15, 0.2) is 17.0 Å². The van der Waals surface area contributed by atoms with Gasteiger partial charge in [-0.3, -0.25) is 9.36 Å². The maximum Gasteiger partial charge on any atom is 0.259 e. The Kier molecular flexibility index (Phi) is 4.74. The van der Waals surface area contributed by atoms with Gasteiger partial charge in [0, 0.05) is 5.75 Å². The summed E-state index contributed by atoms with van der Waals surface area (Å²) in [6, 6.07) is 7.07. The normalized spacial score (nSPS) is 24.1. The summed E-state index contributed by atoms with van der Waals surface area (Å²) in [5.41, 5.74) is 2.21. The highest BCUT2D eigenvalue weighted by molar-refractivity contribution is 7.99. The van der Waals surface area contributed by atoms with E-state index in [1.54, 1.807) is 22.8 Å². The first-order valence-corrected chi connectivity index (χ1v) is 10.3. The van der Waals surface area contributed by atoms with Crippen molar-refractivity contribution in [3.8, 4) is 0 Å². The number of aromatic nitrogens is 6. The molecule has 1 aliphatic heterocycles. The van der Waals surface area contributed by atoms with Crippen LogP contribution in [0, 0.1) is 6.92 Å². The lowest BCUT2D eigenvalue weighted by molar-refractivity contribution is -0.0289. The van der Waals surface area contributed by atoms with Crippen LogP contribution in [0.4, 0.5) is 0 Å². The number of aliphatic hydroxyl groups excluding tert-OH is 2. The molecule has 0 amide bonds. The fourth-order valence-corrected chi connectivity index (χ4v) is 4.47. The average Bonchev–Trinajstić information content (AvgIpc) is 3.29. The third kappa shape index (κ3) is 3.16. The van der Waals surface area contributed by atoms with E-state index in [2.05, 4.69) is 24.9 Å². The smallest absolute Gasteiger partial charge is 0.259 e. The van der Waals surface area contributed by atoms with Crippen LogP contribution < -0.4 is 5.56 Å². The second-order valence-electron chi connectivity index (χ2n) is 7.03. The first-order valence-electron chi connectivity index (χ1n) is 9.30. The molecule has 1 aromatic carbocycles. The molecule has 5 rings (SSSR count). The van der Waals surface area contributed by atoms with Crippen LogP contribution in [0.2, 0.25) is 0 Å². The van der Waals surface area contributed by atoms with E-state index in [4.69, 9.17) is 4.74 Å². The predicted octanol–water partition coefficient (Wildman–Crippen LogP) is 0.783. The van der Waals surface area contributed by atoms with Crippen molar-refractivity contribution in [3.63, 3.8) is 0 Å². The summed E-state index contributed by atoms with van der Waals surface area (Å²) in [6.45, 7) is 1.82. The number of rotatable bonds is 4. The fourth-order valence-electron chi connectivity index (χ4n) is 3.55. The van der Waals surface area contributed by atoms with Gasteiger partial charge in [0.25, 0.3) is 5.56 Å². The minimum absolute atomic E-state index is 0.228. The molecule has 4 atom stereocenters. The van der Waals surface area contributed by atoms with Crippen LogP contribution in [0.15, 0.2) is 46.9 Å². The summed E-state index contributed by atoms with van der Waals surface area (Å²) in [5, 5.41) is 22.0. The molecule has 1 fully saturated rings. The summed E-state index contributed by atoms with van der Waals surface area (Å²) < 4.78 is 7.54. The van der Waals surface area contributed by atoms with E-state index >= 15 is 0 Å². The van der Waals surface area contributed by atoms with Crippen molar-refractivity contribution in [3.05, 3.63) is 53.0 Å². The Morgan fingerprint density at radius 2 is 2.03 bits per heavy atom. The van der Waals surface area contributed by atoms with Crippen LogP contribution in [-0.2, 0) is 4.74 Å². The van der Waals surface area contributed by atoms with Gasteiger partial charge in [0.05, 0.1) is 29.0 Å². The van der Waals surface area contributed by atoms with Gasteiger partial charge in [-0.25, -0.2) is 19.9 Å². The molecule has 0 bridgehead atoms. The van der Waals surface area contributed by atoms with E-state index in [-0.39, 0.29) is 11.3 Å². The standard InChI is InChI=1S/C19H18N6O4S/c1-9-13-16(21-7-20-9)25(8-22-13)18-15(27)14(26)12(29-18)6-30-19-23-11-5-3-2-4-10(11)17(28)24-19/h2-5,7-8,12,14-15,18,26-27H,6H2,1H3,(H,23,24,28)/t12-,14-,15-,18-/m1/s1. The van der Waals surface area contributed by atoms with Crippen molar-refractivity contribution in [1.29, 1.82) is 0 Å². The second kappa shape index (κ2) is 7.43. The number of nitrogens with one attached hydrogen (secondary N) is 1. The van der Waals surface area contributed by atoms with Crippen molar-refractivity contribution in [2.45, 2.75) is 36.6 Å². The minimum Gasteiger partial charge on any atom is -0.387 e. The van der Waals surface area contributed by atoms with Crippen LogP contribution >= 0.6 is 11.8 Å². The van der Waals surface area contributed by atoms with Gasteiger partial charge in [0.2, 0.25) is 0 Å². The molecule has 0 aliphatic carbocycles. The van der Waals surface area contributed by atoms with Gasteiger partial charge in [0.1, 0.15) is 24.1 Å². The van der Waals surface area contributed by atoms with Gasteiger partial charge in [-0.15, -0.1) is 0 Å². The minimum atomic E-state index is -1.16. The van der Waals surface area contributed by atoms with Gasteiger partial charge in [-0.2, -0.15) is 0 Å². The van der Waals surface area contributed by atoms with E-state index in [0.29, 0.717) is 32.9 Å². The number of benzene rings is 1. The molecule has 0 saturated carbocycles. The highest BCUT2D eigenvalue weighted by Crippen LogP contribution is 2.33. The lowest BCUT2D eigenvalue weighted by Gasteiger charge is -2.16. The summed E-state index contributed by atoms with van der Waals surface area (Å²) in [7, 11) is 0. The zero-order valence-electron chi connectivity index (χ0n) is 15.8. The van der Waals surface area contributed by atoms with E-state index in [0.717, 1.165) is 0 Å². The van der Waals surface area contributed by atoms with Gasteiger partial charge < -0.3 is 19.9 Å². The third-order valence-corrected chi connectivity index (χ3v) is 6.09. The fraction of sp³-hybridized carbons (Fsp3) is 0.316. The van der Waals surface area contributed by atoms with Crippen molar-refractivity contribution >= 4 is 33.8 Å². The third-order valence-electron chi connectivity index (χ3n) is 5.13. The molecule has 11 heteroatoms. The van der Waals surface area contributed by atoms with Crippen LogP contribution in [0.25, 0.3) is 22.1 Å². The topological polar surface area (TPSA) is 139 Å². The molecule has 0 unspecified atom stereocenters. The number of H-pyrrole nitrogens is 1. The number of hydrogen-bond donors (Lipinski definition) is 3. The number of hydrogen-bond acceptors (Lipinski definition) is 9. The largest absolute Gasteiger partial charge is 0.387 e. The van der Waals surface area contributed by atoms with Gasteiger partial charge >= 0.3 is 0 Å². The Labute approximate surface area is 174 Å². The highest BCUT2D eigenvalue weighted by atomic mass is 32.2. The maximum atomic E-state index is 12.2. The summed E-state index contributed by atoms with van der Waals surface area (Å²) in [4.78, 5) is 32.0. The first-order chi connectivity index (χ1) is 14.5. The second-order valence-corrected chi connectivity index (χ2v) is 8.04. The predicted molar refractivity (Wildman–Crippen MR) is 109 cm³/mol. The molecule has 4 aromatic rings. The number of aliphatic hydroxyl groups is 2. The van der Waals surface area contributed by atoms with Crippen LogP contribution in [0.5, 0.6) is 0 Å². The SMILES string of the molecule is Cc1ncnc2c1ncn2[C@@H]1O[C@H](CSc2nc3ccccc3c(=O)[nH]2)[C@@H](O)[C@H]1O. The molecule has 0 radical (unpaired) electrons. The Bertz CT molecular complexity index is 1290. The Morgan fingerprint density at radius 1 is 1.20 bits per heavy atom. The van der Waals surface area contributed by atoms with Crippen molar-refractivity contribution in [2.24, 2.45) is 0 Å². The number of para-hydroxylation sites is 1. The first kappa shape index (κ1) is 19.1. The zero-order valence-corrected chi connectivity index (χ0v) is 16.7. The molecule has 0 spiro atoms. The van der Waals surface area contributed by atoms with E-state index in [1.807, 2.05) is 13.0 Å². The van der Waals surface area contributed by atoms with Crippen LogP contribution in [0.1, 0.15) is 11.9 Å². The van der Waals surface area contributed by atoms with Crippen LogP contribution in [0.3, 0.4) is 0 Å². The van der Waals surface area contributed by atoms with Crippen molar-refractivity contribution < 1.29 is 14.9 Å². The number of thioether (sulfide) groups is 1. The van der Waals surface area contributed by atoms with Crippen LogP contribution in [-0.4, -0.2) is 63.8 Å². The monoisotopic (exact) mass is 426 g/mol. The molecular formula is C19H18N6O4S. The Hall–Kier alpha value is -2.86. The number of ether oxygens (including phenoxy) is 1. The molecule has 3 N–H and O–H groups in total. The number of aromatic amines is 1. The van der Waals surface area contributed by atoms with E-state index < -0.39 is 24.5 Å². The van der Waals surface area contributed by atoms with Gasteiger partial charge in [-0.1, -0.05) is 23.9 Å². The van der Waals surface area contributed by atoms with Crippen molar-refractivity contribution in [2.75, 3.05) is 5.75 Å². The van der Waals surface area contributed by atoms with Gasteiger partial charge in [-0.05, 0) is 19.1 Å². The molecule has 1 aliphatic rings. The quantitative estimate of drug-likeness (QED) is 0.319. The summed E-state index contributed by atoms with van der Waals surface area (Å²) >= 11 is 1.24. The molecular weight excluding hydrogens is 408 g/mol.